The van der Waals surface area contributed by atoms with Gasteiger partial charge in [-0.25, -0.2) is 4.39 Å². The molecule has 0 aromatic heterocycles. The van der Waals surface area contributed by atoms with Crippen molar-refractivity contribution >= 4 is 6.98 Å². The highest BCUT2D eigenvalue weighted by molar-refractivity contribution is 6.66. The van der Waals surface area contributed by atoms with Crippen LogP contribution in [0.3, 0.4) is 0 Å². The average molecular weight is 246 g/mol. The molecule has 94 valence electrons. The summed E-state index contributed by atoms with van der Waals surface area (Å²) in [5.74, 6) is -0.362. The highest BCUT2D eigenvalue weighted by Crippen LogP contribution is 2.19. The van der Waals surface area contributed by atoms with E-state index in [1.54, 1.807) is 19.2 Å². The summed E-state index contributed by atoms with van der Waals surface area (Å²) in [5.41, 5.74) is 0.0333. The molecule has 0 heterocycles. The molecule has 0 radical (unpaired) electrons. The van der Waals surface area contributed by atoms with Gasteiger partial charge < -0.3 is 17.8 Å². The fraction of sp³-hybridized carbons (Fsp3) is 0.273. The van der Waals surface area contributed by atoms with Gasteiger partial charge in [-0.2, -0.15) is 0 Å². The molecule has 0 saturated carbocycles. The number of hydrogen-bond acceptors (Lipinski definition) is 1. The van der Waals surface area contributed by atoms with Gasteiger partial charge in [-0.05, 0) is 31.3 Å². The number of rotatable bonds is 5. The zero-order valence-corrected chi connectivity index (χ0v) is 9.47. The highest BCUT2D eigenvalue weighted by atomic mass is 19.4. The highest BCUT2D eigenvalue weighted by Gasteiger charge is 2.27. The topological polar surface area (TPSA) is 3.24 Å². The van der Waals surface area contributed by atoms with Crippen LogP contribution in [-0.4, -0.2) is 25.5 Å². The van der Waals surface area contributed by atoms with E-state index in [2.05, 4.69) is 6.58 Å². The fourth-order valence-electron chi connectivity index (χ4n) is 1.41. The van der Waals surface area contributed by atoms with Crippen molar-refractivity contribution in [3.63, 3.8) is 0 Å². The van der Waals surface area contributed by atoms with Crippen molar-refractivity contribution in [2.45, 2.75) is 6.54 Å². The molecule has 0 atom stereocenters. The van der Waals surface area contributed by atoms with Crippen molar-refractivity contribution in [1.29, 1.82) is 0 Å². The Kier molecular flexibility index (Phi) is 4.34. The minimum Gasteiger partial charge on any atom is -0.445 e. The van der Waals surface area contributed by atoms with Crippen LogP contribution < -0.4 is 0 Å². The molecule has 0 aliphatic heterocycles. The molecular formula is C11H13BF4N-. The second kappa shape index (κ2) is 5.36. The largest absolute Gasteiger partial charge is 0.506 e. The van der Waals surface area contributed by atoms with Crippen LogP contribution in [-0.2, 0) is 6.54 Å². The second-order valence-corrected chi connectivity index (χ2v) is 4.03. The van der Waals surface area contributed by atoms with E-state index in [1.807, 2.05) is 0 Å². The number of hydrogen-bond donors (Lipinski definition) is 0. The van der Waals surface area contributed by atoms with E-state index in [1.165, 1.54) is 17.0 Å². The van der Waals surface area contributed by atoms with Gasteiger partial charge in [-0.1, -0.05) is 12.1 Å². The molecule has 0 amide bonds. The van der Waals surface area contributed by atoms with E-state index < -0.39 is 12.4 Å². The van der Waals surface area contributed by atoms with Gasteiger partial charge in [0.2, 0.25) is 0 Å². The van der Waals surface area contributed by atoms with Crippen LogP contribution in [0.15, 0.2) is 36.3 Å². The van der Waals surface area contributed by atoms with Gasteiger partial charge >= 0.3 is 6.98 Å². The summed E-state index contributed by atoms with van der Waals surface area (Å²) in [4.78, 5) is 1.49. The summed E-state index contributed by atoms with van der Waals surface area (Å²) >= 11 is 0. The van der Waals surface area contributed by atoms with E-state index in [-0.39, 0.29) is 12.4 Å². The predicted molar refractivity (Wildman–Crippen MR) is 61.0 cm³/mol. The summed E-state index contributed by atoms with van der Waals surface area (Å²) in [7, 11) is 1.57. The van der Waals surface area contributed by atoms with Crippen molar-refractivity contribution in [3.8, 4) is 0 Å². The van der Waals surface area contributed by atoms with Crippen molar-refractivity contribution in [1.82, 2.24) is 4.90 Å². The molecule has 0 saturated heterocycles. The van der Waals surface area contributed by atoms with E-state index >= 15 is 0 Å². The summed E-state index contributed by atoms with van der Waals surface area (Å²) in [6, 6.07) is 5.66. The van der Waals surface area contributed by atoms with Crippen LogP contribution >= 0.6 is 0 Å². The Balaban J connectivity index is 2.53. The van der Waals surface area contributed by atoms with Gasteiger partial charge in [-0.3, -0.25) is 0 Å². The zero-order valence-electron chi connectivity index (χ0n) is 9.47. The smallest absolute Gasteiger partial charge is 0.445 e. The van der Waals surface area contributed by atoms with E-state index in [4.69, 9.17) is 0 Å². The normalized spacial score (nSPS) is 11.9. The Labute approximate surface area is 97.8 Å². The molecule has 1 rings (SSSR count). The first-order chi connectivity index (χ1) is 7.79. The Hall–Kier alpha value is -1.30. The lowest BCUT2D eigenvalue weighted by Gasteiger charge is -2.24. The Morgan fingerprint density at radius 1 is 1.24 bits per heavy atom. The monoisotopic (exact) mass is 246 g/mol. The zero-order chi connectivity index (χ0) is 13.1. The predicted octanol–water partition coefficient (Wildman–Crippen LogP) is 3.20. The van der Waals surface area contributed by atoms with E-state index in [0.717, 1.165) is 5.56 Å². The lowest BCUT2D eigenvalue weighted by molar-refractivity contribution is 0.350. The third kappa shape index (κ3) is 4.60. The van der Waals surface area contributed by atoms with Crippen molar-refractivity contribution < 1.29 is 17.3 Å². The first-order valence-electron chi connectivity index (χ1n) is 5.09. The number of halogens is 4. The number of nitrogens with zero attached hydrogens (tertiary/aromatic N) is 1. The molecule has 17 heavy (non-hydrogen) atoms. The summed E-state index contributed by atoms with van der Waals surface area (Å²) in [6.45, 7) is -1.87. The molecule has 0 unspecified atom stereocenters. The summed E-state index contributed by atoms with van der Waals surface area (Å²) in [5, 5.41) is 0. The van der Waals surface area contributed by atoms with Crippen LogP contribution in [0.5, 0.6) is 0 Å². The molecule has 0 N–H and O–H groups in total. The molecule has 0 fully saturated rings. The summed E-state index contributed by atoms with van der Waals surface area (Å²) < 4.78 is 49.5. The third-order valence-electron chi connectivity index (χ3n) is 2.30. The van der Waals surface area contributed by atoms with Crippen molar-refractivity contribution in [2.75, 3.05) is 13.6 Å². The molecule has 0 aliphatic carbocycles. The Bertz CT molecular complexity index is 385. The number of benzene rings is 1. The van der Waals surface area contributed by atoms with E-state index in [9.17, 15) is 17.3 Å². The minimum absolute atomic E-state index is 0.235. The van der Waals surface area contributed by atoms with Crippen molar-refractivity contribution in [2.24, 2.45) is 0 Å². The molecule has 0 bridgehead atoms. The maximum Gasteiger partial charge on any atom is 0.506 e. The first kappa shape index (κ1) is 13.8. The molecule has 0 aliphatic rings. The second-order valence-electron chi connectivity index (χ2n) is 4.03. The lowest BCUT2D eigenvalue weighted by atomic mass is 9.80. The molecule has 1 aromatic rings. The van der Waals surface area contributed by atoms with Gasteiger partial charge in [0.05, 0.1) is 0 Å². The van der Waals surface area contributed by atoms with Crippen LogP contribution in [0, 0.1) is 5.82 Å². The van der Waals surface area contributed by atoms with Gasteiger partial charge in [0, 0.05) is 6.54 Å². The standard InChI is InChI=1S/C11H13BF4N/c1-9(12(14,15)16)7-17(2)8-10-3-5-11(13)6-4-10/h3-6H,1,7-8H2,2H3/q-1. The first-order valence-corrected chi connectivity index (χ1v) is 5.09. The average Bonchev–Trinajstić information content (AvgIpc) is 2.20. The molecule has 1 nitrogen and oxygen atoms in total. The van der Waals surface area contributed by atoms with Gasteiger partial charge in [-0.15, -0.1) is 12.1 Å². The molecule has 6 heteroatoms. The lowest BCUT2D eigenvalue weighted by Crippen LogP contribution is -2.29. The van der Waals surface area contributed by atoms with Crippen molar-refractivity contribution in [3.05, 3.63) is 47.7 Å². The third-order valence-corrected chi connectivity index (χ3v) is 2.30. The summed E-state index contributed by atoms with van der Waals surface area (Å²) in [6.07, 6.45) is 0. The Morgan fingerprint density at radius 3 is 2.24 bits per heavy atom. The molecule has 1 aromatic carbocycles. The van der Waals surface area contributed by atoms with E-state index in [0.29, 0.717) is 6.54 Å². The SMILES string of the molecule is C=C(CN(C)Cc1ccc(F)cc1)[B-](F)(F)F. The molecule has 0 spiro atoms. The van der Waals surface area contributed by atoms with Crippen LogP contribution in [0.25, 0.3) is 0 Å². The van der Waals surface area contributed by atoms with Crippen LogP contribution in [0.2, 0.25) is 0 Å². The van der Waals surface area contributed by atoms with Crippen LogP contribution in [0.4, 0.5) is 17.3 Å². The quantitative estimate of drug-likeness (QED) is 0.569. The maximum absolute atomic E-state index is 12.6. The molecular weight excluding hydrogens is 233 g/mol. The van der Waals surface area contributed by atoms with Gasteiger partial charge in [0.25, 0.3) is 0 Å². The van der Waals surface area contributed by atoms with Gasteiger partial charge in [0.15, 0.2) is 0 Å². The fourth-order valence-corrected chi connectivity index (χ4v) is 1.41. The number of likely N-dealkylation sites (N-methyl/N-ethyl adjacent to an activating group) is 1. The Morgan fingerprint density at radius 2 is 1.76 bits per heavy atom. The van der Waals surface area contributed by atoms with Crippen LogP contribution in [0.1, 0.15) is 5.56 Å². The maximum atomic E-state index is 12.6. The van der Waals surface area contributed by atoms with Gasteiger partial charge in [0.1, 0.15) is 5.82 Å². The minimum atomic E-state index is -4.99.